The fourth-order valence-corrected chi connectivity index (χ4v) is 4.37. The molecule has 0 spiro atoms. The number of allylic oxidation sites excluding steroid dienone is 2. The number of amides is 3. The summed E-state index contributed by atoms with van der Waals surface area (Å²) in [7, 11) is 0. The predicted octanol–water partition coefficient (Wildman–Crippen LogP) is 4.73. The first-order valence-corrected chi connectivity index (χ1v) is 12.6. The van der Waals surface area contributed by atoms with Crippen molar-refractivity contribution in [1.82, 2.24) is 10.6 Å². The fourth-order valence-electron chi connectivity index (χ4n) is 4.37. The normalized spacial score (nSPS) is 14.5. The number of aliphatic carboxylic acids is 1. The highest BCUT2D eigenvalue weighted by atomic mass is 16.4. The maximum Gasteiger partial charge on any atom is 0.334 e. The number of hydrogen-bond donors (Lipinski definition) is 5. The summed E-state index contributed by atoms with van der Waals surface area (Å²) in [6.07, 6.45) is 5.18. The van der Waals surface area contributed by atoms with Crippen LogP contribution < -0.4 is 16.0 Å². The van der Waals surface area contributed by atoms with Crippen molar-refractivity contribution in [1.29, 1.82) is 0 Å². The molecule has 0 fully saturated rings. The molecule has 8 heteroatoms. The molecule has 0 heterocycles. The fraction of sp³-hybridized carbons (Fsp3) is 0.233. The van der Waals surface area contributed by atoms with Crippen molar-refractivity contribution in [3.05, 3.63) is 107 Å². The van der Waals surface area contributed by atoms with Crippen molar-refractivity contribution in [2.45, 2.75) is 37.8 Å². The number of urea groups is 1. The Balaban J connectivity index is 1.54. The highest BCUT2D eigenvalue weighted by Crippen LogP contribution is 2.29. The van der Waals surface area contributed by atoms with Crippen LogP contribution in [-0.2, 0) is 4.79 Å². The molecular formula is C30H31N3O5. The third-order valence-corrected chi connectivity index (χ3v) is 6.46. The van der Waals surface area contributed by atoms with Crippen molar-refractivity contribution in [3.63, 3.8) is 0 Å². The van der Waals surface area contributed by atoms with E-state index in [2.05, 4.69) is 34.2 Å². The Bertz CT molecular complexity index is 1290. The number of benzene rings is 3. The van der Waals surface area contributed by atoms with Crippen LogP contribution in [0.25, 0.3) is 5.57 Å². The van der Waals surface area contributed by atoms with E-state index in [4.69, 9.17) is 5.11 Å². The lowest BCUT2D eigenvalue weighted by atomic mass is 9.91. The summed E-state index contributed by atoms with van der Waals surface area (Å²) >= 11 is 0. The van der Waals surface area contributed by atoms with E-state index in [1.165, 1.54) is 24.0 Å². The Morgan fingerprint density at radius 3 is 2.11 bits per heavy atom. The standard InChI is InChI=1S/C30H31N3O5/c34-26(29(36)37)19-31-28(35)24-17-15-23(16-18-24)27(33-30(38)32-25-9-5-2-6-10-25)22-13-11-21(12-14-22)20-7-3-1-4-8-20/h2,5-7,9-18,26-27,34H,1,3-4,8,19H2,(H,31,35)(H,36,37)(H2,32,33,38). The molecule has 3 aromatic rings. The Kier molecular flexibility index (Phi) is 8.89. The number of aliphatic hydroxyl groups is 1. The third kappa shape index (κ3) is 7.08. The minimum Gasteiger partial charge on any atom is -0.479 e. The summed E-state index contributed by atoms with van der Waals surface area (Å²) in [5.41, 5.74) is 5.14. The number of anilines is 1. The third-order valence-electron chi connectivity index (χ3n) is 6.46. The van der Waals surface area contributed by atoms with Crippen molar-refractivity contribution in [3.8, 4) is 0 Å². The number of hydrogen-bond acceptors (Lipinski definition) is 4. The second-order valence-electron chi connectivity index (χ2n) is 9.18. The number of rotatable bonds is 9. The smallest absolute Gasteiger partial charge is 0.334 e. The van der Waals surface area contributed by atoms with Crippen LogP contribution in [0.15, 0.2) is 84.9 Å². The average molecular weight is 514 g/mol. The van der Waals surface area contributed by atoms with Gasteiger partial charge in [0.2, 0.25) is 0 Å². The molecule has 5 N–H and O–H groups in total. The van der Waals surface area contributed by atoms with Crippen molar-refractivity contribution >= 4 is 29.2 Å². The van der Waals surface area contributed by atoms with Crippen LogP contribution in [0.5, 0.6) is 0 Å². The van der Waals surface area contributed by atoms with Gasteiger partial charge in [0, 0.05) is 11.3 Å². The van der Waals surface area contributed by atoms with Crippen LogP contribution in [-0.4, -0.2) is 40.8 Å². The van der Waals surface area contributed by atoms with Gasteiger partial charge in [0.1, 0.15) is 0 Å². The van der Waals surface area contributed by atoms with Crippen LogP contribution in [0.1, 0.15) is 58.8 Å². The summed E-state index contributed by atoms with van der Waals surface area (Å²) in [5, 5.41) is 26.5. The summed E-state index contributed by atoms with van der Waals surface area (Å²) in [6.45, 7) is -0.400. The summed E-state index contributed by atoms with van der Waals surface area (Å²) in [4.78, 5) is 36.1. The molecule has 1 aliphatic rings. The summed E-state index contributed by atoms with van der Waals surface area (Å²) in [5.74, 6) is -1.91. The molecule has 0 radical (unpaired) electrons. The second kappa shape index (κ2) is 12.7. The van der Waals surface area contributed by atoms with Crippen LogP contribution in [0.2, 0.25) is 0 Å². The number of nitrogens with one attached hydrogen (secondary N) is 3. The molecule has 0 aliphatic heterocycles. The molecule has 0 bridgehead atoms. The molecule has 3 aromatic carbocycles. The Hall–Kier alpha value is -4.43. The van der Waals surface area contributed by atoms with E-state index in [0.29, 0.717) is 11.3 Å². The van der Waals surface area contributed by atoms with E-state index < -0.39 is 30.6 Å². The SMILES string of the molecule is O=C(Nc1ccccc1)NC(c1ccc(C(=O)NCC(O)C(=O)O)cc1)c1ccc(C2=CCCCC2)cc1. The van der Waals surface area contributed by atoms with Gasteiger partial charge in [0.25, 0.3) is 5.91 Å². The zero-order chi connectivity index (χ0) is 26.9. The van der Waals surface area contributed by atoms with Gasteiger partial charge in [-0.3, -0.25) is 4.79 Å². The van der Waals surface area contributed by atoms with Gasteiger partial charge in [-0.1, -0.05) is 60.7 Å². The van der Waals surface area contributed by atoms with Gasteiger partial charge in [-0.05, 0) is 72.2 Å². The monoisotopic (exact) mass is 513 g/mol. The van der Waals surface area contributed by atoms with Crippen LogP contribution in [0.4, 0.5) is 10.5 Å². The zero-order valence-corrected chi connectivity index (χ0v) is 20.9. The molecule has 38 heavy (non-hydrogen) atoms. The molecule has 0 saturated heterocycles. The quantitative estimate of drug-likeness (QED) is 0.283. The number of carbonyl (C=O) groups excluding carboxylic acids is 2. The maximum absolute atomic E-state index is 12.9. The van der Waals surface area contributed by atoms with Gasteiger partial charge in [0.05, 0.1) is 12.6 Å². The zero-order valence-electron chi connectivity index (χ0n) is 20.9. The van der Waals surface area contributed by atoms with Gasteiger partial charge >= 0.3 is 12.0 Å². The van der Waals surface area contributed by atoms with Crippen LogP contribution >= 0.6 is 0 Å². The number of para-hydroxylation sites is 1. The number of carboxylic acid groups (broad SMARTS) is 1. The van der Waals surface area contributed by atoms with E-state index >= 15 is 0 Å². The molecular weight excluding hydrogens is 482 g/mol. The molecule has 196 valence electrons. The molecule has 0 saturated carbocycles. The number of carboxylic acids is 1. The molecule has 2 atom stereocenters. The second-order valence-corrected chi connectivity index (χ2v) is 9.18. The molecule has 3 amide bonds. The van der Waals surface area contributed by atoms with Gasteiger partial charge in [-0.25, -0.2) is 9.59 Å². The van der Waals surface area contributed by atoms with Crippen LogP contribution in [0, 0.1) is 0 Å². The van der Waals surface area contributed by atoms with E-state index in [1.807, 2.05) is 30.3 Å². The van der Waals surface area contributed by atoms with E-state index in [1.54, 1.807) is 36.4 Å². The van der Waals surface area contributed by atoms with Gasteiger partial charge in [0.15, 0.2) is 6.10 Å². The van der Waals surface area contributed by atoms with Gasteiger partial charge in [-0.15, -0.1) is 0 Å². The lowest BCUT2D eigenvalue weighted by Gasteiger charge is -2.21. The Morgan fingerprint density at radius 1 is 0.842 bits per heavy atom. The first-order valence-electron chi connectivity index (χ1n) is 12.6. The first-order chi connectivity index (χ1) is 18.4. The molecule has 0 aromatic heterocycles. The minimum absolute atomic E-state index is 0.304. The van der Waals surface area contributed by atoms with Crippen molar-refractivity contribution in [2.24, 2.45) is 0 Å². The Labute approximate surface area is 221 Å². The van der Waals surface area contributed by atoms with Gasteiger partial charge in [-0.2, -0.15) is 0 Å². The molecule has 4 rings (SSSR count). The Morgan fingerprint density at radius 2 is 1.50 bits per heavy atom. The van der Waals surface area contributed by atoms with Crippen molar-refractivity contribution in [2.75, 3.05) is 11.9 Å². The van der Waals surface area contributed by atoms with E-state index in [0.717, 1.165) is 24.0 Å². The van der Waals surface area contributed by atoms with E-state index in [-0.39, 0.29) is 6.03 Å². The minimum atomic E-state index is -1.68. The predicted molar refractivity (Wildman–Crippen MR) is 146 cm³/mol. The molecule has 2 unspecified atom stereocenters. The molecule has 8 nitrogen and oxygen atoms in total. The topological polar surface area (TPSA) is 128 Å². The lowest BCUT2D eigenvalue weighted by molar-refractivity contribution is -0.146. The summed E-state index contributed by atoms with van der Waals surface area (Å²) < 4.78 is 0. The summed E-state index contributed by atoms with van der Waals surface area (Å²) in [6, 6.07) is 23.1. The van der Waals surface area contributed by atoms with Crippen LogP contribution in [0.3, 0.4) is 0 Å². The lowest BCUT2D eigenvalue weighted by Crippen LogP contribution is -2.36. The molecule has 1 aliphatic carbocycles. The van der Waals surface area contributed by atoms with Gasteiger partial charge < -0.3 is 26.2 Å². The highest BCUT2D eigenvalue weighted by Gasteiger charge is 2.19. The highest BCUT2D eigenvalue weighted by molar-refractivity contribution is 5.94. The average Bonchev–Trinajstić information content (AvgIpc) is 2.95. The largest absolute Gasteiger partial charge is 0.479 e. The number of aliphatic hydroxyl groups excluding tert-OH is 1. The first kappa shape index (κ1) is 26.6. The van der Waals surface area contributed by atoms with E-state index in [9.17, 15) is 19.5 Å². The number of carbonyl (C=O) groups is 3. The van der Waals surface area contributed by atoms with Crippen molar-refractivity contribution < 1.29 is 24.6 Å². The maximum atomic E-state index is 12.9.